The van der Waals surface area contributed by atoms with Crippen LogP contribution in [0.4, 0.5) is 5.69 Å². The number of amides is 1. The van der Waals surface area contributed by atoms with Gasteiger partial charge < -0.3 is 10.0 Å². The Morgan fingerprint density at radius 2 is 1.84 bits per heavy atom. The van der Waals surface area contributed by atoms with E-state index in [-0.39, 0.29) is 11.4 Å². The molecule has 1 N–H and O–H groups in total. The minimum atomic E-state index is -0.426. The number of carbonyl (C=O) groups is 1. The molecule has 2 fully saturated rings. The monoisotopic (exact) mass is 437 g/mol. The number of benzene rings is 2. The smallest absolute Gasteiger partial charge is 0.241 e. The van der Waals surface area contributed by atoms with Crippen LogP contribution in [-0.4, -0.2) is 70.9 Å². The third kappa shape index (κ3) is 4.14. The number of thioether (sulfide) groups is 1. The van der Waals surface area contributed by atoms with Gasteiger partial charge in [0.2, 0.25) is 5.91 Å². The van der Waals surface area contributed by atoms with E-state index in [1.165, 1.54) is 10.5 Å². The molecule has 2 aromatic carbocycles. The molecule has 0 aromatic heterocycles. The largest absolute Gasteiger partial charge is 0.390 e. The number of aliphatic hydroxyl groups excluding tert-OH is 1. The summed E-state index contributed by atoms with van der Waals surface area (Å²) in [6.45, 7) is 4.49. The highest BCUT2D eigenvalue weighted by Crippen LogP contribution is 2.40. The Balaban J connectivity index is 1.24. The van der Waals surface area contributed by atoms with Crippen LogP contribution in [-0.2, 0) is 11.3 Å². The highest BCUT2D eigenvalue weighted by atomic mass is 32.2. The van der Waals surface area contributed by atoms with Crippen LogP contribution in [0.1, 0.15) is 24.8 Å². The van der Waals surface area contributed by atoms with E-state index in [0.29, 0.717) is 13.1 Å². The minimum absolute atomic E-state index is 0.142. The van der Waals surface area contributed by atoms with E-state index in [1.54, 1.807) is 0 Å². The Morgan fingerprint density at radius 3 is 2.68 bits per heavy atom. The summed E-state index contributed by atoms with van der Waals surface area (Å²) in [6.07, 6.45) is 2.66. The zero-order valence-electron chi connectivity index (χ0n) is 17.9. The predicted octanol–water partition coefficient (Wildman–Crippen LogP) is 3.23. The molecular formula is C25H31N3O2S. The Labute approximate surface area is 189 Å². The first kappa shape index (κ1) is 21.0. The molecule has 1 amide bonds. The molecule has 1 spiro atoms. The van der Waals surface area contributed by atoms with Gasteiger partial charge in [-0.3, -0.25) is 14.6 Å². The highest BCUT2D eigenvalue weighted by Gasteiger charge is 2.49. The fraction of sp³-hybridized carbons (Fsp3) is 0.480. The second-order valence-electron chi connectivity index (χ2n) is 8.98. The number of carbonyl (C=O) groups excluding carboxylic acids is 1. The van der Waals surface area contributed by atoms with Gasteiger partial charge in [0, 0.05) is 42.4 Å². The lowest BCUT2D eigenvalue weighted by Crippen LogP contribution is -2.62. The van der Waals surface area contributed by atoms with Crippen LogP contribution in [0.2, 0.25) is 0 Å². The molecule has 3 heterocycles. The van der Waals surface area contributed by atoms with Gasteiger partial charge >= 0.3 is 0 Å². The Morgan fingerprint density at radius 1 is 1.03 bits per heavy atom. The summed E-state index contributed by atoms with van der Waals surface area (Å²) < 4.78 is 0. The zero-order valence-corrected chi connectivity index (χ0v) is 18.8. The maximum Gasteiger partial charge on any atom is 0.241 e. The van der Waals surface area contributed by atoms with Gasteiger partial charge in [-0.2, -0.15) is 0 Å². The van der Waals surface area contributed by atoms with Crippen LogP contribution in [0.15, 0.2) is 59.5 Å². The summed E-state index contributed by atoms with van der Waals surface area (Å²) in [7, 11) is 0. The first-order valence-electron chi connectivity index (χ1n) is 11.4. The summed E-state index contributed by atoms with van der Waals surface area (Å²) >= 11 is 1.82. The van der Waals surface area contributed by atoms with Crippen molar-refractivity contribution in [2.24, 2.45) is 0 Å². The van der Waals surface area contributed by atoms with E-state index in [4.69, 9.17) is 0 Å². The van der Waals surface area contributed by atoms with Crippen molar-refractivity contribution in [3.8, 4) is 0 Å². The van der Waals surface area contributed by atoms with Crippen molar-refractivity contribution >= 4 is 23.4 Å². The maximum atomic E-state index is 13.1. The molecule has 0 aliphatic carbocycles. The van der Waals surface area contributed by atoms with Crippen molar-refractivity contribution < 1.29 is 9.90 Å². The molecule has 0 unspecified atom stereocenters. The molecule has 2 aromatic rings. The number of rotatable bonds is 4. The van der Waals surface area contributed by atoms with Gasteiger partial charge in [0.15, 0.2) is 0 Å². The number of nitrogens with zero attached hydrogens (tertiary/aromatic N) is 3. The average Bonchev–Trinajstić information content (AvgIpc) is 3.20. The van der Waals surface area contributed by atoms with Crippen molar-refractivity contribution in [2.75, 3.05) is 43.4 Å². The summed E-state index contributed by atoms with van der Waals surface area (Å²) in [4.78, 5) is 20.9. The first-order valence-corrected chi connectivity index (χ1v) is 12.4. The summed E-state index contributed by atoms with van der Waals surface area (Å²) in [5, 5.41) is 11.2. The molecule has 0 saturated carbocycles. The molecule has 5 rings (SSSR count). The van der Waals surface area contributed by atoms with Crippen molar-refractivity contribution in [3.05, 3.63) is 60.2 Å². The molecule has 3 aliphatic heterocycles. The zero-order chi connectivity index (χ0) is 21.3. The van der Waals surface area contributed by atoms with Gasteiger partial charge in [0.25, 0.3) is 0 Å². The van der Waals surface area contributed by atoms with Gasteiger partial charge in [-0.25, -0.2) is 0 Å². The van der Waals surface area contributed by atoms with E-state index in [0.717, 1.165) is 56.9 Å². The Kier molecular flexibility index (Phi) is 6.06. The van der Waals surface area contributed by atoms with E-state index >= 15 is 0 Å². The first-order chi connectivity index (χ1) is 15.2. The lowest BCUT2D eigenvalue weighted by Gasteiger charge is -2.48. The number of aliphatic hydroxyl groups is 1. The van der Waals surface area contributed by atoms with Crippen molar-refractivity contribution in [1.29, 1.82) is 0 Å². The number of anilines is 1. The number of hydrogen-bond donors (Lipinski definition) is 1. The number of para-hydroxylation sites is 1. The quantitative estimate of drug-likeness (QED) is 0.796. The molecule has 2 saturated heterocycles. The van der Waals surface area contributed by atoms with E-state index in [2.05, 4.69) is 40.1 Å². The molecule has 5 nitrogen and oxygen atoms in total. The van der Waals surface area contributed by atoms with Gasteiger partial charge in [-0.1, -0.05) is 42.5 Å². The fourth-order valence-corrected chi connectivity index (χ4v) is 6.53. The molecule has 31 heavy (non-hydrogen) atoms. The van der Waals surface area contributed by atoms with Crippen LogP contribution < -0.4 is 4.90 Å². The number of piperidine rings is 1. The number of fused-ring (bicyclic) bond motifs is 1. The third-order valence-electron chi connectivity index (χ3n) is 7.18. The van der Waals surface area contributed by atoms with Crippen molar-refractivity contribution in [3.63, 3.8) is 0 Å². The lowest BCUT2D eigenvalue weighted by molar-refractivity contribution is -0.122. The van der Waals surface area contributed by atoms with Gasteiger partial charge in [-0.05, 0) is 43.5 Å². The van der Waals surface area contributed by atoms with Crippen molar-refractivity contribution in [2.45, 2.75) is 42.3 Å². The van der Waals surface area contributed by atoms with Crippen LogP contribution in [0.3, 0.4) is 0 Å². The van der Waals surface area contributed by atoms with Crippen LogP contribution >= 0.6 is 11.8 Å². The Bertz CT molecular complexity index is 924. The normalized spacial score (nSPS) is 26.9. The number of β-amino-alcohol motifs (C(OH)–C–C–N with tert-alkyl or cyclic N) is 1. The molecule has 0 bridgehead atoms. The maximum absolute atomic E-state index is 13.1. The van der Waals surface area contributed by atoms with Gasteiger partial charge in [-0.15, -0.1) is 11.8 Å². The summed E-state index contributed by atoms with van der Waals surface area (Å²) in [6, 6.07) is 18.7. The van der Waals surface area contributed by atoms with E-state index < -0.39 is 6.10 Å². The highest BCUT2D eigenvalue weighted by molar-refractivity contribution is 7.99. The topological polar surface area (TPSA) is 47.0 Å². The number of hydrogen-bond acceptors (Lipinski definition) is 5. The fourth-order valence-electron chi connectivity index (χ4n) is 5.53. The second kappa shape index (κ2) is 8.94. The molecular weight excluding hydrogens is 406 g/mol. The third-order valence-corrected chi connectivity index (χ3v) is 8.23. The Hall–Kier alpha value is -1.86. The summed E-state index contributed by atoms with van der Waals surface area (Å²) in [5.41, 5.74) is 2.18. The molecule has 164 valence electrons. The van der Waals surface area contributed by atoms with Crippen LogP contribution in [0.25, 0.3) is 0 Å². The number of likely N-dealkylation sites (tertiary alicyclic amines) is 2. The second-order valence-corrected chi connectivity index (χ2v) is 10.1. The van der Waals surface area contributed by atoms with E-state index in [1.807, 2.05) is 40.9 Å². The lowest BCUT2D eigenvalue weighted by atomic mass is 9.82. The van der Waals surface area contributed by atoms with Crippen LogP contribution in [0, 0.1) is 0 Å². The molecule has 3 aliphatic rings. The molecule has 6 heteroatoms. The van der Waals surface area contributed by atoms with Gasteiger partial charge in [0.05, 0.1) is 18.3 Å². The van der Waals surface area contributed by atoms with E-state index in [9.17, 15) is 9.90 Å². The van der Waals surface area contributed by atoms with Crippen LogP contribution in [0.5, 0.6) is 0 Å². The standard InChI is InChI=1S/C25H31N3O2S/c29-23-18-26(19-24(30)28-15-16-31-22-10-5-4-9-21(22)28)14-12-25(23)11-6-13-27(25)17-20-7-2-1-3-8-20/h1-5,7-10,23,29H,6,11-19H2/t23-,25-/m0/s1. The predicted molar refractivity (Wildman–Crippen MR) is 125 cm³/mol. The SMILES string of the molecule is O=C(CN1CC[C@@]2(CCCN2Cc2ccccc2)[C@@H](O)C1)N1CCSc2ccccc21. The van der Waals surface area contributed by atoms with Gasteiger partial charge in [0.1, 0.15) is 0 Å². The minimum Gasteiger partial charge on any atom is -0.390 e. The van der Waals surface area contributed by atoms with Crippen molar-refractivity contribution in [1.82, 2.24) is 9.80 Å². The molecule has 2 atom stereocenters. The summed E-state index contributed by atoms with van der Waals surface area (Å²) in [5.74, 6) is 1.08. The molecule has 0 radical (unpaired) electrons. The average molecular weight is 438 g/mol.